The fourth-order valence-electron chi connectivity index (χ4n) is 2.55. The van der Waals surface area contributed by atoms with Gasteiger partial charge >= 0.3 is 22.4 Å². The molecule has 10 nitrogen and oxygen atoms in total. The van der Waals surface area contributed by atoms with Crippen molar-refractivity contribution in [3.63, 3.8) is 0 Å². The lowest BCUT2D eigenvalue weighted by Gasteiger charge is -2.17. The molecule has 1 atom stereocenters. The van der Waals surface area contributed by atoms with Crippen LogP contribution in [0.4, 0.5) is 10.5 Å². The van der Waals surface area contributed by atoms with Gasteiger partial charge in [-0.25, -0.2) is 9.78 Å². The first-order valence-electron chi connectivity index (χ1n) is 9.13. The summed E-state index contributed by atoms with van der Waals surface area (Å²) in [5.74, 6) is -0.175. The van der Waals surface area contributed by atoms with Crippen LogP contribution >= 0.6 is 11.3 Å². The lowest BCUT2D eigenvalue weighted by atomic mass is 10.1. The number of thiazole rings is 1. The Morgan fingerprint density at radius 3 is 2.55 bits per heavy atom. The second-order valence-electron chi connectivity index (χ2n) is 6.43. The second kappa shape index (κ2) is 10.9. The van der Waals surface area contributed by atoms with Crippen molar-refractivity contribution in [1.29, 1.82) is 0 Å². The van der Waals surface area contributed by atoms with Crippen molar-refractivity contribution in [2.45, 2.75) is 32.7 Å². The van der Waals surface area contributed by atoms with Gasteiger partial charge in [-0.1, -0.05) is 18.7 Å². The number of amides is 1. The Hall–Kier alpha value is -2.96. The van der Waals surface area contributed by atoms with Gasteiger partial charge in [-0.05, 0) is 38.0 Å². The Bertz CT molecular complexity index is 1030. The predicted molar refractivity (Wildman–Crippen MR) is 115 cm³/mol. The molecule has 1 aromatic carbocycles. The molecule has 0 bridgehead atoms. The summed E-state index contributed by atoms with van der Waals surface area (Å²) < 4.78 is 42.5. The fourth-order valence-corrected chi connectivity index (χ4v) is 3.85. The highest BCUT2D eigenvalue weighted by Crippen LogP contribution is 2.24. The van der Waals surface area contributed by atoms with Gasteiger partial charge in [0, 0.05) is 5.38 Å². The number of carbonyl (C=O) groups excluding carboxylic acids is 2. The van der Waals surface area contributed by atoms with Gasteiger partial charge in [0.1, 0.15) is 5.01 Å². The Morgan fingerprint density at radius 2 is 1.97 bits per heavy atom. The van der Waals surface area contributed by atoms with E-state index in [1.54, 1.807) is 24.4 Å². The highest BCUT2D eigenvalue weighted by atomic mass is 32.2. The number of alkyl carbamates (subject to hydrolysis) is 1. The number of anilines is 1. The third-order valence-corrected chi connectivity index (χ3v) is 5.20. The van der Waals surface area contributed by atoms with E-state index in [4.69, 9.17) is 14.0 Å². The summed E-state index contributed by atoms with van der Waals surface area (Å²) in [6.07, 6.45) is -0.378. The Balaban J connectivity index is 2.19. The minimum Gasteiger partial charge on any atom is -0.466 e. The molecule has 0 saturated heterocycles. The average molecular weight is 470 g/mol. The van der Waals surface area contributed by atoms with Gasteiger partial charge in [-0.3, -0.25) is 14.1 Å². The van der Waals surface area contributed by atoms with Gasteiger partial charge in [0.2, 0.25) is 0 Å². The summed E-state index contributed by atoms with van der Waals surface area (Å²) in [6, 6.07) is 5.65. The first kappa shape index (κ1) is 24.3. The summed E-state index contributed by atoms with van der Waals surface area (Å²) in [5.41, 5.74) is 1.46. The largest absolute Gasteiger partial charge is 0.466 e. The maximum absolute atomic E-state index is 12.1. The topological polar surface area (TPSA) is 144 Å². The normalized spacial score (nSPS) is 12.0. The van der Waals surface area contributed by atoms with E-state index in [2.05, 4.69) is 16.9 Å². The summed E-state index contributed by atoms with van der Waals surface area (Å²) in [6.45, 7) is 7.06. The molecule has 0 aliphatic heterocycles. The lowest BCUT2D eigenvalue weighted by molar-refractivity contribution is -0.142. The van der Waals surface area contributed by atoms with Crippen LogP contribution in [0.1, 0.15) is 36.2 Å². The number of rotatable bonds is 10. The van der Waals surface area contributed by atoms with Crippen LogP contribution in [-0.4, -0.2) is 36.6 Å². The van der Waals surface area contributed by atoms with Crippen LogP contribution in [0.5, 0.6) is 0 Å². The first-order valence-corrected chi connectivity index (χ1v) is 11.5. The van der Waals surface area contributed by atoms with Crippen molar-refractivity contribution in [2.75, 3.05) is 11.3 Å². The van der Waals surface area contributed by atoms with E-state index in [9.17, 15) is 18.0 Å². The molecule has 2 rings (SSSR count). The molecule has 0 spiro atoms. The van der Waals surface area contributed by atoms with Crippen LogP contribution in [0.2, 0.25) is 0 Å². The Kier molecular flexibility index (Phi) is 8.54. The fraction of sp³-hybridized carbons (Fsp3) is 0.316. The van der Waals surface area contributed by atoms with E-state index in [0.29, 0.717) is 17.1 Å². The van der Waals surface area contributed by atoms with E-state index in [1.807, 2.05) is 4.72 Å². The third-order valence-electron chi connectivity index (χ3n) is 3.70. The highest BCUT2D eigenvalue weighted by molar-refractivity contribution is 7.87. The van der Waals surface area contributed by atoms with Crippen LogP contribution in [0, 0.1) is 0 Å². The zero-order valence-corrected chi connectivity index (χ0v) is 18.6. The number of carbonyl (C=O) groups is 2. The Morgan fingerprint density at radius 1 is 1.29 bits per heavy atom. The van der Waals surface area contributed by atoms with Gasteiger partial charge < -0.3 is 14.8 Å². The summed E-state index contributed by atoms with van der Waals surface area (Å²) >= 11 is 1.27. The summed E-state index contributed by atoms with van der Waals surface area (Å²) in [5, 5.41) is 4.98. The van der Waals surface area contributed by atoms with Crippen molar-refractivity contribution < 1.29 is 32.0 Å². The number of nitrogens with zero attached hydrogens (tertiary/aromatic N) is 1. The second-order valence-corrected chi connectivity index (χ2v) is 8.47. The van der Waals surface area contributed by atoms with Crippen LogP contribution in [0.3, 0.4) is 0 Å². The Labute approximate surface area is 184 Å². The molecule has 1 heterocycles. The van der Waals surface area contributed by atoms with Gasteiger partial charge in [0.25, 0.3) is 0 Å². The van der Waals surface area contributed by atoms with Crippen LogP contribution in [0.15, 0.2) is 42.0 Å². The molecule has 0 saturated carbocycles. The van der Waals surface area contributed by atoms with Crippen LogP contribution in [-0.2, 0) is 37.4 Å². The van der Waals surface area contributed by atoms with Crippen molar-refractivity contribution in [3.05, 3.63) is 58.2 Å². The SMILES string of the molecule is C=C(C)OC(=O)N[C@@H](Cc1ccc(NS(=O)(=O)O)cc1)c1nc(CC(=O)OCC)cs1. The van der Waals surface area contributed by atoms with Crippen LogP contribution < -0.4 is 10.0 Å². The highest BCUT2D eigenvalue weighted by Gasteiger charge is 2.21. The van der Waals surface area contributed by atoms with Crippen molar-refractivity contribution in [2.24, 2.45) is 0 Å². The number of benzene rings is 1. The maximum Gasteiger partial charge on any atom is 0.412 e. The molecule has 2 aromatic rings. The molecule has 1 amide bonds. The molecule has 168 valence electrons. The summed E-state index contributed by atoms with van der Waals surface area (Å²) in [7, 11) is -4.37. The molecule has 3 N–H and O–H groups in total. The molecular formula is C19H23N3O7S2. The van der Waals surface area contributed by atoms with Gasteiger partial charge in [-0.2, -0.15) is 8.42 Å². The summed E-state index contributed by atoms with van der Waals surface area (Å²) in [4.78, 5) is 28.2. The number of ether oxygens (including phenoxy) is 2. The number of hydrogen-bond donors (Lipinski definition) is 3. The van der Waals surface area contributed by atoms with E-state index < -0.39 is 28.4 Å². The molecule has 0 radical (unpaired) electrons. The number of aromatic nitrogens is 1. The van der Waals surface area contributed by atoms with Crippen molar-refractivity contribution in [3.8, 4) is 0 Å². The van der Waals surface area contributed by atoms with Crippen LogP contribution in [0.25, 0.3) is 0 Å². The minimum absolute atomic E-state index is 0.0171. The van der Waals surface area contributed by atoms with Gasteiger partial charge in [0.15, 0.2) is 0 Å². The zero-order chi connectivity index (χ0) is 23.0. The first-order chi connectivity index (χ1) is 14.6. The van der Waals surface area contributed by atoms with E-state index in [-0.39, 0.29) is 24.5 Å². The predicted octanol–water partition coefficient (Wildman–Crippen LogP) is 3.01. The van der Waals surface area contributed by atoms with Gasteiger partial charge in [0.05, 0.1) is 36.2 Å². The number of nitrogens with one attached hydrogen (secondary N) is 2. The number of allylic oxidation sites excluding steroid dienone is 1. The number of hydrogen-bond acceptors (Lipinski definition) is 8. The smallest absolute Gasteiger partial charge is 0.412 e. The monoisotopic (exact) mass is 469 g/mol. The average Bonchev–Trinajstić information content (AvgIpc) is 3.09. The molecule has 0 fully saturated rings. The van der Waals surface area contributed by atoms with Crippen molar-refractivity contribution >= 4 is 39.4 Å². The molecule has 0 aliphatic carbocycles. The molecule has 0 unspecified atom stereocenters. The lowest BCUT2D eigenvalue weighted by Crippen LogP contribution is -2.30. The standard InChI is InChI=1S/C19H23N3O7S2/c1-4-28-17(23)10-15-11-30-18(20-15)16(21-19(24)29-12(2)3)9-13-5-7-14(8-6-13)22-31(25,26)27/h5-8,11,16,22H,2,4,9-10H2,1,3H3,(H,21,24)(H,25,26,27)/t16-/m0/s1. The molecule has 12 heteroatoms. The van der Waals surface area contributed by atoms with Crippen molar-refractivity contribution in [1.82, 2.24) is 10.3 Å². The zero-order valence-electron chi connectivity index (χ0n) is 17.0. The number of esters is 1. The maximum atomic E-state index is 12.1. The van der Waals surface area contributed by atoms with E-state index in [1.165, 1.54) is 30.4 Å². The van der Waals surface area contributed by atoms with E-state index >= 15 is 0 Å². The minimum atomic E-state index is -4.37. The quantitative estimate of drug-likeness (QED) is 0.274. The third kappa shape index (κ3) is 8.74. The van der Waals surface area contributed by atoms with Gasteiger partial charge in [-0.15, -0.1) is 11.3 Å². The molecule has 31 heavy (non-hydrogen) atoms. The molecule has 1 aromatic heterocycles. The molecule has 0 aliphatic rings. The molecular weight excluding hydrogens is 446 g/mol. The van der Waals surface area contributed by atoms with E-state index in [0.717, 1.165) is 5.56 Å².